The fourth-order valence-corrected chi connectivity index (χ4v) is 2.31. The summed E-state index contributed by atoms with van der Waals surface area (Å²) in [5, 5.41) is 3.35. The zero-order chi connectivity index (χ0) is 18.8. The van der Waals surface area contributed by atoms with Gasteiger partial charge in [-0.1, -0.05) is 53.5 Å². The van der Waals surface area contributed by atoms with Gasteiger partial charge in [0.1, 0.15) is 6.61 Å². The Hall–Kier alpha value is -2.08. The summed E-state index contributed by atoms with van der Waals surface area (Å²) in [6.45, 7) is 3.56. The molecule has 0 aliphatic carbocycles. The lowest BCUT2D eigenvalue weighted by Gasteiger charge is -2.11. The molecule has 1 N–H and O–H groups in total. The lowest BCUT2D eigenvalue weighted by atomic mass is 10.2. The maximum Gasteiger partial charge on any atom is 0.292 e. The van der Waals surface area contributed by atoms with Crippen LogP contribution in [0.25, 0.3) is 0 Å². The van der Waals surface area contributed by atoms with E-state index in [-0.39, 0.29) is 18.5 Å². The summed E-state index contributed by atoms with van der Waals surface area (Å²) in [6.07, 6.45) is 0. The Kier molecular flexibility index (Phi) is 8.41. The molecular weight excluding hydrogens is 375 g/mol. The van der Waals surface area contributed by atoms with Crippen molar-refractivity contribution < 1.29 is 14.3 Å². The maximum atomic E-state index is 12.4. The van der Waals surface area contributed by atoms with Crippen molar-refractivity contribution in [3.63, 3.8) is 0 Å². The van der Waals surface area contributed by atoms with Crippen LogP contribution in [0.1, 0.15) is 22.8 Å². The second kappa shape index (κ2) is 10.8. The van der Waals surface area contributed by atoms with E-state index in [0.717, 1.165) is 5.56 Å². The maximum absolute atomic E-state index is 12.4. The fourth-order valence-electron chi connectivity index (χ4n) is 2.02. The molecule has 7 heteroatoms. The molecule has 2 aromatic rings. The smallest absolute Gasteiger partial charge is 0.292 e. The van der Waals surface area contributed by atoms with Crippen LogP contribution >= 0.6 is 23.2 Å². The number of hydrogen-bond donors (Lipinski definition) is 1. The van der Waals surface area contributed by atoms with E-state index in [2.05, 4.69) is 10.3 Å². The summed E-state index contributed by atoms with van der Waals surface area (Å²) in [4.78, 5) is 16.8. The van der Waals surface area contributed by atoms with Crippen LogP contribution in [0, 0.1) is 0 Å². The van der Waals surface area contributed by atoms with Crippen molar-refractivity contribution in [2.45, 2.75) is 13.5 Å². The number of nitrogens with zero attached hydrogens (tertiary/aromatic N) is 1. The van der Waals surface area contributed by atoms with E-state index in [9.17, 15) is 4.79 Å². The molecule has 0 aliphatic rings. The van der Waals surface area contributed by atoms with Crippen LogP contribution in [0.15, 0.2) is 53.5 Å². The van der Waals surface area contributed by atoms with Crippen molar-refractivity contribution >= 4 is 35.1 Å². The number of rotatable bonds is 7. The summed E-state index contributed by atoms with van der Waals surface area (Å²) in [6, 6.07) is 14.4. The highest BCUT2D eigenvalue weighted by atomic mass is 35.5. The number of nitrogens with one attached hydrogen (secondary N) is 1. The SMILES string of the molecule is CCOCCOC(=NCc1ccccc1)NC(=O)c1ccc(Cl)c(Cl)c1. The molecule has 0 unspecified atom stereocenters. The van der Waals surface area contributed by atoms with Crippen molar-refractivity contribution in [1.29, 1.82) is 0 Å². The molecule has 0 radical (unpaired) electrons. The number of aliphatic imine (C=N–C) groups is 1. The van der Waals surface area contributed by atoms with Crippen molar-refractivity contribution in [3.05, 3.63) is 69.7 Å². The normalized spacial score (nSPS) is 11.3. The number of benzene rings is 2. The van der Waals surface area contributed by atoms with E-state index in [4.69, 9.17) is 32.7 Å². The van der Waals surface area contributed by atoms with Gasteiger partial charge in [0.05, 0.1) is 23.2 Å². The van der Waals surface area contributed by atoms with Crippen LogP contribution in [0.4, 0.5) is 0 Å². The Bertz CT molecular complexity index is 752. The standard InChI is InChI=1S/C19H20Cl2N2O3/c1-2-25-10-11-26-19(22-13-14-6-4-3-5-7-14)23-18(24)15-8-9-16(20)17(21)12-15/h3-9,12H,2,10-11,13H2,1H3,(H,22,23,24). The monoisotopic (exact) mass is 394 g/mol. The molecule has 0 spiro atoms. The van der Waals surface area contributed by atoms with Crippen LogP contribution in [0.5, 0.6) is 0 Å². The zero-order valence-corrected chi connectivity index (χ0v) is 15.9. The zero-order valence-electron chi connectivity index (χ0n) is 14.4. The number of amides is 1. The Morgan fingerprint density at radius 1 is 1.08 bits per heavy atom. The van der Waals surface area contributed by atoms with Gasteiger partial charge >= 0.3 is 0 Å². The first-order chi connectivity index (χ1) is 12.6. The molecule has 0 saturated heterocycles. The highest BCUT2D eigenvalue weighted by Gasteiger charge is 2.12. The van der Waals surface area contributed by atoms with Gasteiger partial charge < -0.3 is 9.47 Å². The summed E-state index contributed by atoms with van der Waals surface area (Å²) in [7, 11) is 0. The molecule has 2 aromatic carbocycles. The van der Waals surface area contributed by atoms with Gasteiger partial charge in [0.25, 0.3) is 11.9 Å². The molecule has 138 valence electrons. The molecule has 0 fully saturated rings. The Labute approximate surface area is 162 Å². The number of carbonyl (C=O) groups is 1. The van der Waals surface area contributed by atoms with Gasteiger partial charge in [0, 0.05) is 12.2 Å². The van der Waals surface area contributed by atoms with Gasteiger partial charge in [0.15, 0.2) is 0 Å². The number of carbonyl (C=O) groups excluding carboxylic acids is 1. The van der Waals surface area contributed by atoms with Crippen LogP contribution in [0.3, 0.4) is 0 Å². The van der Waals surface area contributed by atoms with E-state index >= 15 is 0 Å². The van der Waals surface area contributed by atoms with Gasteiger partial charge in [0.2, 0.25) is 0 Å². The molecule has 26 heavy (non-hydrogen) atoms. The molecule has 5 nitrogen and oxygen atoms in total. The molecule has 0 bridgehead atoms. The van der Waals surface area contributed by atoms with Crippen LogP contribution < -0.4 is 5.32 Å². The number of halogens is 2. The number of amidine groups is 1. The Balaban J connectivity index is 2.06. The Morgan fingerprint density at radius 2 is 1.85 bits per heavy atom. The van der Waals surface area contributed by atoms with Crippen LogP contribution in [0.2, 0.25) is 10.0 Å². The molecule has 1 amide bonds. The van der Waals surface area contributed by atoms with Gasteiger partial charge in [-0.2, -0.15) is 0 Å². The quantitative estimate of drug-likeness (QED) is 0.431. The predicted octanol–water partition coefficient (Wildman–Crippen LogP) is 4.33. The molecule has 2 rings (SSSR count). The third-order valence-electron chi connectivity index (χ3n) is 3.32. The fraction of sp³-hybridized carbons (Fsp3) is 0.263. The summed E-state index contributed by atoms with van der Waals surface area (Å²) < 4.78 is 10.8. The average Bonchev–Trinajstić information content (AvgIpc) is 2.66. The van der Waals surface area contributed by atoms with E-state index in [1.807, 2.05) is 37.3 Å². The lowest BCUT2D eigenvalue weighted by Crippen LogP contribution is -2.33. The topological polar surface area (TPSA) is 59.9 Å². The first-order valence-electron chi connectivity index (χ1n) is 8.15. The van der Waals surface area contributed by atoms with Crippen LogP contribution in [-0.2, 0) is 16.0 Å². The summed E-state index contributed by atoms with van der Waals surface area (Å²) >= 11 is 11.8. The van der Waals surface area contributed by atoms with Gasteiger partial charge in [-0.05, 0) is 30.7 Å². The third kappa shape index (κ3) is 6.67. The van der Waals surface area contributed by atoms with E-state index in [1.54, 1.807) is 12.1 Å². The van der Waals surface area contributed by atoms with Gasteiger partial charge in [-0.25, -0.2) is 4.99 Å². The van der Waals surface area contributed by atoms with Crippen LogP contribution in [-0.4, -0.2) is 31.7 Å². The van der Waals surface area contributed by atoms with E-state index < -0.39 is 0 Å². The highest BCUT2D eigenvalue weighted by Crippen LogP contribution is 2.22. The van der Waals surface area contributed by atoms with Gasteiger partial charge in [-0.3, -0.25) is 10.1 Å². The van der Waals surface area contributed by atoms with E-state index in [1.165, 1.54) is 6.07 Å². The average molecular weight is 395 g/mol. The first-order valence-corrected chi connectivity index (χ1v) is 8.91. The largest absolute Gasteiger partial charge is 0.463 e. The van der Waals surface area contributed by atoms with Crippen molar-refractivity contribution in [2.75, 3.05) is 19.8 Å². The molecule has 0 atom stereocenters. The number of hydrogen-bond acceptors (Lipinski definition) is 4. The molecule has 0 saturated carbocycles. The number of ether oxygens (including phenoxy) is 2. The minimum Gasteiger partial charge on any atom is -0.463 e. The Morgan fingerprint density at radius 3 is 2.54 bits per heavy atom. The first kappa shape index (κ1) is 20.2. The van der Waals surface area contributed by atoms with Crippen molar-refractivity contribution in [3.8, 4) is 0 Å². The van der Waals surface area contributed by atoms with Gasteiger partial charge in [-0.15, -0.1) is 0 Å². The molecule has 0 aromatic heterocycles. The van der Waals surface area contributed by atoms with Crippen molar-refractivity contribution in [2.24, 2.45) is 4.99 Å². The summed E-state index contributed by atoms with van der Waals surface area (Å²) in [5.74, 6) is -0.383. The lowest BCUT2D eigenvalue weighted by molar-refractivity contribution is 0.0922. The van der Waals surface area contributed by atoms with Crippen molar-refractivity contribution in [1.82, 2.24) is 5.32 Å². The minimum absolute atomic E-state index is 0.129. The predicted molar refractivity (Wildman–Crippen MR) is 104 cm³/mol. The highest BCUT2D eigenvalue weighted by molar-refractivity contribution is 6.42. The molecule has 0 heterocycles. The molecular formula is C19H20Cl2N2O3. The molecule has 0 aliphatic heterocycles. The van der Waals surface area contributed by atoms with E-state index in [0.29, 0.717) is 35.4 Å². The minimum atomic E-state index is -0.383. The summed E-state index contributed by atoms with van der Waals surface area (Å²) in [5.41, 5.74) is 1.36. The third-order valence-corrected chi connectivity index (χ3v) is 4.06. The second-order valence-corrected chi connectivity index (χ2v) is 6.05. The second-order valence-electron chi connectivity index (χ2n) is 5.24.